The summed E-state index contributed by atoms with van der Waals surface area (Å²) >= 11 is 0. The van der Waals surface area contributed by atoms with E-state index in [0.717, 1.165) is 24.1 Å². The van der Waals surface area contributed by atoms with Crippen LogP contribution in [0.1, 0.15) is 68.0 Å². The molecule has 0 unspecified atom stereocenters. The zero-order chi connectivity index (χ0) is 25.4. The molecule has 0 saturated carbocycles. The van der Waals surface area contributed by atoms with Gasteiger partial charge in [-0.1, -0.05) is 42.5 Å². The number of ketones is 2. The Bertz CT molecular complexity index is 1410. The van der Waals surface area contributed by atoms with Crippen LogP contribution in [0.15, 0.2) is 60.7 Å². The van der Waals surface area contributed by atoms with Gasteiger partial charge in [0.25, 0.3) is 5.91 Å². The molecule has 1 aliphatic carbocycles. The number of benzene rings is 3. The van der Waals surface area contributed by atoms with Crippen molar-refractivity contribution in [1.82, 2.24) is 5.32 Å². The first-order chi connectivity index (χ1) is 17.3. The summed E-state index contributed by atoms with van der Waals surface area (Å²) in [6.07, 6.45) is 1.58. The van der Waals surface area contributed by atoms with Crippen LogP contribution in [-0.2, 0) is 11.2 Å². The van der Waals surface area contributed by atoms with E-state index < -0.39 is 0 Å². The van der Waals surface area contributed by atoms with Gasteiger partial charge in [-0.25, -0.2) is 0 Å². The maximum Gasteiger partial charge on any atom is 0.251 e. The quantitative estimate of drug-likeness (QED) is 0.449. The maximum absolute atomic E-state index is 13.2. The minimum atomic E-state index is -0.299. The number of nitrogens with one attached hydrogen (secondary N) is 2. The molecule has 1 aliphatic heterocycles. The average Bonchev–Trinajstić information content (AvgIpc) is 2.86. The van der Waals surface area contributed by atoms with Gasteiger partial charge in [0.1, 0.15) is 0 Å². The number of fused-ring (bicyclic) bond motifs is 3. The number of hydrogen-bond donors (Lipinski definition) is 2. The van der Waals surface area contributed by atoms with E-state index in [-0.39, 0.29) is 41.5 Å². The molecule has 2 aliphatic rings. The van der Waals surface area contributed by atoms with Crippen LogP contribution in [0.4, 0.5) is 11.4 Å². The molecule has 0 atom stereocenters. The minimum Gasteiger partial charge on any atom is -0.362 e. The first-order valence-electron chi connectivity index (χ1n) is 12.1. The molecular formula is C29H27N3O4. The molecule has 0 bridgehead atoms. The second-order valence-electron chi connectivity index (χ2n) is 9.44. The van der Waals surface area contributed by atoms with E-state index in [9.17, 15) is 19.2 Å². The number of rotatable bonds is 5. The van der Waals surface area contributed by atoms with Crippen LogP contribution in [0.25, 0.3) is 0 Å². The molecule has 0 spiro atoms. The van der Waals surface area contributed by atoms with Crippen LogP contribution >= 0.6 is 0 Å². The lowest BCUT2D eigenvalue weighted by molar-refractivity contribution is -0.115. The first-order valence-corrected chi connectivity index (χ1v) is 12.1. The fourth-order valence-corrected chi connectivity index (χ4v) is 5.03. The number of amides is 2. The van der Waals surface area contributed by atoms with Crippen molar-refractivity contribution in [1.29, 1.82) is 0 Å². The van der Waals surface area contributed by atoms with E-state index in [1.165, 1.54) is 0 Å². The number of hydrogen-bond acceptors (Lipinski definition) is 5. The zero-order valence-electron chi connectivity index (χ0n) is 20.3. The maximum atomic E-state index is 13.2. The zero-order valence-corrected chi connectivity index (χ0v) is 20.3. The fraction of sp³-hybridized carbons (Fsp3) is 0.241. The first kappa shape index (κ1) is 23.5. The second-order valence-corrected chi connectivity index (χ2v) is 9.44. The SMILES string of the molecule is CC(C)NC(=O)c1cccc2c1CCCN2CC(=O)Nc1cccc2c1C(=O)c1ccccc1C2=O. The van der Waals surface area contributed by atoms with Gasteiger partial charge in [-0.3, -0.25) is 19.2 Å². The topological polar surface area (TPSA) is 95.6 Å². The van der Waals surface area contributed by atoms with E-state index in [1.54, 1.807) is 42.5 Å². The van der Waals surface area contributed by atoms with Gasteiger partial charge in [0.15, 0.2) is 11.6 Å². The summed E-state index contributed by atoms with van der Waals surface area (Å²) in [5.74, 6) is -0.923. The Morgan fingerprint density at radius 1 is 0.889 bits per heavy atom. The highest BCUT2D eigenvalue weighted by molar-refractivity contribution is 6.30. The molecule has 1 heterocycles. The van der Waals surface area contributed by atoms with Gasteiger partial charge < -0.3 is 15.5 Å². The van der Waals surface area contributed by atoms with Gasteiger partial charge in [0.05, 0.1) is 17.8 Å². The van der Waals surface area contributed by atoms with E-state index in [0.29, 0.717) is 34.5 Å². The summed E-state index contributed by atoms with van der Waals surface area (Å²) in [4.78, 5) is 54.0. The van der Waals surface area contributed by atoms with Gasteiger partial charge in [-0.15, -0.1) is 0 Å². The molecule has 7 nitrogen and oxygen atoms in total. The summed E-state index contributed by atoms with van der Waals surface area (Å²) in [6, 6.07) is 17.3. The molecule has 36 heavy (non-hydrogen) atoms. The van der Waals surface area contributed by atoms with Crippen molar-refractivity contribution in [2.24, 2.45) is 0 Å². The number of nitrogens with zero attached hydrogens (tertiary/aromatic N) is 1. The van der Waals surface area contributed by atoms with Gasteiger partial charge in [-0.05, 0) is 50.5 Å². The molecule has 2 N–H and O–H groups in total. The molecule has 2 amide bonds. The summed E-state index contributed by atoms with van der Waals surface area (Å²) in [5.41, 5.74) is 3.99. The van der Waals surface area contributed by atoms with Crippen LogP contribution in [-0.4, -0.2) is 42.5 Å². The molecular weight excluding hydrogens is 454 g/mol. The largest absolute Gasteiger partial charge is 0.362 e. The molecule has 0 saturated heterocycles. The summed E-state index contributed by atoms with van der Waals surface area (Å²) in [5, 5.41) is 5.81. The van der Waals surface area contributed by atoms with Crippen molar-refractivity contribution >= 4 is 34.8 Å². The van der Waals surface area contributed by atoms with Crippen molar-refractivity contribution in [2.75, 3.05) is 23.3 Å². The minimum absolute atomic E-state index is 0.0252. The van der Waals surface area contributed by atoms with Crippen molar-refractivity contribution in [3.8, 4) is 0 Å². The van der Waals surface area contributed by atoms with Crippen molar-refractivity contribution in [2.45, 2.75) is 32.7 Å². The van der Waals surface area contributed by atoms with Crippen molar-refractivity contribution in [3.63, 3.8) is 0 Å². The van der Waals surface area contributed by atoms with Crippen LogP contribution < -0.4 is 15.5 Å². The normalized spacial score (nSPS) is 14.1. The van der Waals surface area contributed by atoms with Gasteiger partial charge in [0.2, 0.25) is 5.91 Å². The third-order valence-electron chi connectivity index (χ3n) is 6.57. The summed E-state index contributed by atoms with van der Waals surface area (Å²) < 4.78 is 0. The molecule has 182 valence electrons. The van der Waals surface area contributed by atoms with Crippen LogP contribution in [0.2, 0.25) is 0 Å². The summed E-state index contributed by atoms with van der Waals surface area (Å²) in [7, 11) is 0. The fourth-order valence-electron chi connectivity index (χ4n) is 5.03. The standard InChI is InChI=1S/C29H27N3O4/c1-17(2)30-29(36)21-10-6-14-24-18(21)12-7-15-32(24)16-25(33)31-23-13-5-11-22-26(23)28(35)20-9-4-3-8-19(20)27(22)34/h3-6,8-11,13-14,17H,7,12,15-16H2,1-2H3,(H,30,36)(H,31,33). The van der Waals surface area contributed by atoms with Crippen LogP contribution in [0.3, 0.4) is 0 Å². The Hall–Kier alpha value is -4.26. The molecule has 7 heteroatoms. The van der Waals surface area contributed by atoms with Gasteiger partial charge >= 0.3 is 0 Å². The monoisotopic (exact) mass is 481 g/mol. The number of anilines is 2. The highest BCUT2D eigenvalue weighted by Crippen LogP contribution is 2.33. The van der Waals surface area contributed by atoms with Crippen LogP contribution in [0.5, 0.6) is 0 Å². The van der Waals surface area contributed by atoms with E-state index >= 15 is 0 Å². The predicted molar refractivity (Wildman–Crippen MR) is 138 cm³/mol. The number of carbonyl (C=O) groups excluding carboxylic acids is 4. The second kappa shape index (κ2) is 9.41. The Morgan fingerprint density at radius 3 is 2.33 bits per heavy atom. The van der Waals surface area contributed by atoms with Gasteiger partial charge in [-0.2, -0.15) is 0 Å². The van der Waals surface area contributed by atoms with Crippen molar-refractivity contribution in [3.05, 3.63) is 94.0 Å². The van der Waals surface area contributed by atoms with E-state index in [2.05, 4.69) is 10.6 Å². The smallest absolute Gasteiger partial charge is 0.251 e. The Labute approximate surface area is 209 Å². The molecule has 3 aromatic rings. The van der Waals surface area contributed by atoms with Crippen molar-refractivity contribution < 1.29 is 19.2 Å². The number of carbonyl (C=O) groups is 4. The Morgan fingerprint density at radius 2 is 1.58 bits per heavy atom. The third kappa shape index (κ3) is 4.17. The predicted octanol–water partition coefficient (Wildman–Crippen LogP) is 3.99. The van der Waals surface area contributed by atoms with Gasteiger partial charge in [0, 0.05) is 40.5 Å². The molecule has 0 fully saturated rings. The Balaban J connectivity index is 1.39. The average molecular weight is 482 g/mol. The summed E-state index contributed by atoms with van der Waals surface area (Å²) in [6.45, 7) is 4.57. The lowest BCUT2D eigenvalue weighted by Crippen LogP contribution is -2.38. The molecule has 0 aromatic heterocycles. The third-order valence-corrected chi connectivity index (χ3v) is 6.57. The highest BCUT2D eigenvalue weighted by Gasteiger charge is 2.32. The van der Waals surface area contributed by atoms with E-state index in [1.807, 2.05) is 36.9 Å². The highest BCUT2D eigenvalue weighted by atomic mass is 16.2. The Kier molecular flexibility index (Phi) is 6.14. The molecule has 5 rings (SSSR count). The lowest BCUT2D eigenvalue weighted by Gasteiger charge is -2.32. The van der Waals surface area contributed by atoms with Crippen LogP contribution in [0, 0.1) is 0 Å². The molecule has 3 aromatic carbocycles. The van der Waals surface area contributed by atoms with E-state index in [4.69, 9.17) is 0 Å². The molecule has 0 radical (unpaired) electrons. The lowest BCUT2D eigenvalue weighted by atomic mass is 9.83.